The van der Waals surface area contributed by atoms with Gasteiger partial charge < -0.3 is 10.1 Å². The molecule has 3 rings (SSSR count). The van der Waals surface area contributed by atoms with Gasteiger partial charge in [-0.15, -0.1) is 18.3 Å². The molecule has 0 spiro atoms. The van der Waals surface area contributed by atoms with Gasteiger partial charge in [-0.2, -0.15) is 4.68 Å². The summed E-state index contributed by atoms with van der Waals surface area (Å²) in [5.74, 6) is -2.91. The van der Waals surface area contributed by atoms with Gasteiger partial charge in [0, 0.05) is 6.07 Å². The third-order valence-corrected chi connectivity index (χ3v) is 4.21. The standard InChI is InChI=1S/C16H10F5N5O2S/c17-9-1-6-13(12(18)7-9)22-14(27)8-29-15-23-24-25-26(15)10-2-4-11(5-3-10)28-16(19,20)21/h1-7H,8H2,(H,22,27). The van der Waals surface area contributed by atoms with Crippen molar-refractivity contribution in [1.82, 2.24) is 20.2 Å². The van der Waals surface area contributed by atoms with Gasteiger partial charge >= 0.3 is 6.36 Å². The number of alkyl halides is 3. The molecule has 0 aliphatic rings. The molecule has 152 valence electrons. The zero-order chi connectivity index (χ0) is 21.0. The van der Waals surface area contributed by atoms with E-state index >= 15 is 0 Å². The summed E-state index contributed by atoms with van der Waals surface area (Å²) in [5, 5.41) is 13.4. The number of halogens is 5. The monoisotopic (exact) mass is 431 g/mol. The summed E-state index contributed by atoms with van der Waals surface area (Å²) < 4.78 is 68.1. The lowest BCUT2D eigenvalue weighted by molar-refractivity contribution is -0.274. The Morgan fingerprint density at radius 1 is 1.14 bits per heavy atom. The quantitative estimate of drug-likeness (QED) is 0.475. The minimum absolute atomic E-state index is 0.171. The first kappa shape index (κ1) is 20.5. The molecule has 7 nitrogen and oxygen atoms in total. The highest BCUT2D eigenvalue weighted by atomic mass is 32.2. The van der Waals surface area contributed by atoms with Gasteiger partial charge in [0.2, 0.25) is 11.1 Å². The Hall–Kier alpha value is -3.22. The van der Waals surface area contributed by atoms with Gasteiger partial charge in [0.1, 0.15) is 17.4 Å². The van der Waals surface area contributed by atoms with E-state index in [1.54, 1.807) is 0 Å². The fourth-order valence-electron chi connectivity index (χ4n) is 2.13. The number of nitrogens with one attached hydrogen (secondary N) is 1. The summed E-state index contributed by atoms with van der Waals surface area (Å²) in [6.45, 7) is 0. The molecule has 0 atom stereocenters. The SMILES string of the molecule is O=C(CSc1nnnn1-c1ccc(OC(F)(F)F)cc1)Nc1ccc(F)cc1F. The Kier molecular flexibility index (Phi) is 5.96. The minimum atomic E-state index is -4.81. The topological polar surface area (TPSA) is 81.9 Å². The van der Waals surface area contributed by atoms with Crippen LogP contribution in [0.3, 0.4) is 0 Å². The summed E-state index contributed by atoms with van der Waals surface area (Å²) in [5.41, 5.74) is 0.147. The molecule has 0 aliphatic carbocycles. The third kappa shape index (κ3) is 5.63. The van der Waals surface area contributed by atoms with Crippen LogP contribution in [0.15, 0.2) is 47.6 Å². The molecule has 0 radical (unpaired) electrons. The molecule has 0 bridgehead atoms. The van der Waals surface area contributed by atoms with Gasteiger partial charge in [0.15, 0.2) is 0 Å². The molecule has 0 aliphatic heterocycles. The van der Waals surface area contributed by atoms with Crippen molar-refractivity contribution in [3.8, 4) is 11.4 Å². The number of tetrazole rings is 1. The second kappa shape index (κ2) is 8.43. The first-order valence-corrected chi connectivity index (χ1v) is 8.72. The fourth-order valence-corrected chi connectivity index (χ4v) is 2.82. The van der Waals surface area contributed by atoms with Crippen molar-refractivity contribution in [3.05, 3.63) is 54.1 Å². The third-order valence-electron chi connectivity index (χ3n) is 3.29. The molecule has 1 N–H and O–H groups in total. The van der Waals surface area contributed by atoms with Crippen LogP contribution in [0.1, 0.15) is 0 Å². The highest BCUT2D eigenvalue weighted by molar-refractivity contribution is 7.99. The molecule has 0 fully saturated rings. The predicted molar refractivity (Wildman–Crippen MR) is 91.5 cm³/mol. The average Bonchev–Trinajstić information content (AvgIpc) is 3.10. The van der Waals surface area contributed by atoms with Crippen LogP contribution in [0.5, 0.6) is 5.75 Å². The molecule has 1 heterocycles. The van der Waals surface area contributed by atoms with Crippen molar-refractivity contribution in [1.29, 1.82) is 0 Å². The van der Waals surface area contributed by atoms with E-state index in [4.69, 9.17) is 0 Å². The maximum absolute atomic E-state index is 13.6. The molecule has 1 aromatic heterocycles. The van der Waals surface area contributed by atoms with Crippen molar-refractivity contribution in [2.75, 3.05) is 11.1 Å². The highest BCUT2D eigenvalue weighted by Gasteiger charge is 2.31. The number of thioether (sulfide) groups is 1. The van der Waals surface area contributed by atoms with Crippen LogP contribution in [0.25, 0.3) is 5.69 Å². The number of benzene rings is 2. The lowest BCUT2D eigenvalue weighted by Crippen LogP contribution is -2.17. The van der Waals surface area contributed by atoms with Crippen molar-refractivity contribution < 1.29 is 31.5 Å². The minimum Gasteiger partial charge on any atom is -0.406 e. The molecule has 0 unspecified atom stereocenters. The number of amides is 1. The van der Waals surface area contributed by atoms with Gasteiger partial charge in [-0.3, -0.25) is 4.79 Å². The number of rotatable bonds is 6. The molecule has 0 saturated carbocycles. The second-order valence-electron chi connectivity index (χ2n) is 5.38. The molecule has 1 amide bonds. The molecule has 3 aromatic rings. The van der Waals surface area contributed by atoms with Gasteiger partial charge in [-0.05, 0) is 46.8 Å². The van der Waals surface area contributed by atoms with Crippen molar-refractivity contribution in [2.24, 2.45) is 0 Å². The molecule has 29 heavy (non-hydrogen) atoms. The summed E-state index contributed by atoms with van der Waals surface area (Å²) in [6.07, 6.45) is -4.81. The molecule has 13 heteroatoms. The van der Waals surface area contributed by atoms with Crippen LogP contribution in [0.2, 0.25) is 0 Å². The first-order valence-electron chi connectivity index (χ1n) is 7.73. The zero-order valence-electron chi connectivity index (χ0n) is 14.2. The largest absolute Gasteiger partial charge is 0.573 e. The van der Waals surface area contributed by atoms with Crippen LogP contribution < -0.4 is 10.1 Å². The van der Waals surface area contributed by atoms with E-state index < -0.39 is 29.7 Å². The number of carbonyl (C=O) groups excluding carboxylic acids is 1. The van der Waals surface area contributed by atoms with Crippen LogP contribution in [-0.4, -0.2) is 38.2 Å². The number of carbonyl (C=O) groups is 1. The summed E-state index contributed by atoms with van der Waals surface area (Å²) in [4.78, 5) is 12.0. The van der Waals surface area contributed by atoms with E-state index in [0.29, 0.717) is 11.8 Å². The number of anilines is 1. The van der Waals surface area contributed by atoms with Crippen LogP contribution in [0, 0.1) is 11.6 Å². The van der Waals surface area contributed by atoms with Crippen LogP contribution in [0.4, 0.5) is 27.6 Å². The summed E-state index contributed by atoms with van der Waals surface area (Å²) in [7, 11) is 0. The van der Waals surface area contributed by atoms with E-state index in [0.717, 1.165) is 36.0 Å². The number of hydrogen-bond donors (Lipinski definition) is 1. The van der Waals surface area contributed by atoms with Crippen molar-refractivity contribution in [3.63, 3.8) is 0 Å². The Morgan fingerprint density at radius 3 is 2.52 bits per heavy atom. The fraction of sp³-hybridized carbons (Fsp3) is 0.125. The molecule has 0 saturated heterocycles. The second-order valence-corrected chi connectivity index (χ2v) is 6.32. The van der Waals surface area contributed by atoms with E-state index in [1.165, 1.54) is 16.8 Å². The van der Waals surface area contributed by atoms with Gasteiger partial charge in [0.25, 0.3) is 0 Å². The number of nitrogens with zero attached hydrogens (tertiary/aromatic N) is 4. The Bertz CT molecular complexity index is 1010. The molecular weight excluding hydrogens is 421 g/mol. The normalized spacial score (nSPS) is 11.3. The summed E-state index contributed by atoms with van der Waals surface area (Å²) in [6, 6.07) is 7.49. The van der Waals surface area contributed by atoms with Gasteiger partial charge in [0.05, 0.1) is 17.1 Å². The smallest absolute Gasteiger partial charge is 0.406 e. The van der Waals surface area contributed by atoms with Crippen molar-refractivity contribution in [2.45, 2.75) is 11.5 Å². The molecular formula is C16H10F5N5O2S. The van der Waals surface area contributed by atoms with E-state index in [9.17, 15) is 26.7 Å². The summed E-state index contributed by atoms with van der Waals surface area (Å²) >= 11 is 0.906. The molecule has 2 aromatic carbocycles. The highest BCUT2D eigenvalue weighted by Crippen LogP contribution is 2.25. The lowest BCUT2D eigenvalue weighted by atomic mass is 10.3. The lowest BCUT2D eigenvalue weighted by Gasteiger charge is -2.09. The van der Waals surface area contributed by atoms with E-state index in [1.807, 2.05) is 0 Å². The van der Waals surface area contributed by atoms with Gasteiger partial charge in [-0.25, -0.2) is 8.78 Å². The number of ether oxygens (including phenoxy) is 1. The Balaban J connectivity index is 1.63. The van der Waals surface area contributed by atoms with Crippen LogP contribution >= 0.6 is 11.8 Å². The zero-order valence-corrected chi connectivity index (χ0v) is 15.0. The Labute approximate surface area is 163 Å². The maximum atomic E-state index is 13.6. The first-order chi connectivity index (χ1) is 13.7. The number of hydrogen-bond acceptors (Lipinski definition) is 6. The van der Waals surface area contributed by atoms with Crippen LogP contribution in [-0.2, 0) is 4.79 Å². The predicted octanol–water partition coefficient (Wildman–Crippen LogP) is 3.57. The average molecular weight is 431 g/mol. The van der Waals surface area contributed by atoms with E-state index in [-0.39, 0.29) is 16.6 Å². The maximum Gasteiger partial charge on any atom is 0.573 e. The van der Waals surface area contributed by atoms with Gasteiger partial charge in [-0.1, -0.05) is 11.8 Å². The van der Waals surface area contributed by atoms with E-state index in [2.05, 4.69) is 25.6 Å². The Morgan fingerprint density at radius 2 is 1.86 bits per heavy atom. The van der Waals surface area contributed by atoms with Crippen molar-refractivity contribution >= 4 is 23.4 Å². The number of aromatic nitrogens is 4.